The van der Waals surface area contributed by atoms with Crippen LogP contribution in [-0.2, 0) is 19.6 Å². The fourth-order valence-corrected chi connectivity index (χ4v) is 5.82. The lowest BCUT2D eigenvalue weighted by Crippen LogP contribution is -2.51. The molecule has 1 aromatic carbocycles. The first-order valence-electron chi connectivity index (χ1n) is 7.50. The summed E-state index contributed by atoms with van der Waals surface area (Å²) in [5.74, 6) is 0.537. The maximum atomic E-state index is 12.9. The number of amides is 1. The van der Waals surface area contributed by atoms with Crippen LogP contribution < -0.4 is 0 Å². The lowest BCUT2D eigenvalue weighted by Gasteiger charge is -2.31. The summed E-state index contributed by atoms with van der Waals surface area (Å²) in [6.45, 7) is 1.94. The average Bonchev–Trinajstić information content (AvgIpc) is 3.12. The molecule has 0 radical (unpaired) electrons. The number of ether oxygens (including phenoxy) is 1. The van der Waals surface area contributed by atoms with Gasteiger partial charge >= 0.3 is 0 Å². The number of hydrogen-bond donors (Lipinski definition) is 0. The standard InChI is InChI=1S/C15H17N3O4S2/c16-9-12-1-3-13(4-2-12)24(20,21)18-11-23-10-14(18)15(19)17-5-7-22-8-6-17/h1-4,14H,5-8,10-11H2/t14-/m0/s1. The minimum atomic E-state index is -3.77. The van der Waals surface area contributed by atoms with Crippen LogP contribution in [0.15, 0.2) is 29.2 Å². The van der Waals surface area contributed by atoms with E-state index in [0.29, 0.717) is 37.6 Å². The molecular weight excluding hydrogens is 350 g/mol. The fourth-order valence-electron chi connectivity index (χ4n) is 2.69. The molecule has 0 saturated carbocycles. The van der Waals surface area contributed by atoms with Crippen molar-refractivity contribution in [3.05, 3.63) is 29.8 Å². The lowest BCUT2D eigenvalue weighted by atomic mass is 10.2. The van der Waals surface area contributed by atoms with Crippen molar-refractivity contribution >= 4 is 27.7 Å². The molecule has 7 nitrogen and oxygen atoms in total. The van der Waals surface area contributed by atoms with Crippen LogP contribution >= 0.6 is 11.8 Å². The molecule has 2 aliphatic rings. The number of nitrogens with zero attached hydrogens (tertiary/aromatic N) is 3. The van der Waals surface area contributed by atoms with E-state index < -0.39 is 16.1 Å². The Kier molecular flexibility index (Phi) is 5.10. The second kappa shape index (κ2) is 7.11. The van der Waals surface area contributed by atoms with Crippen molar-refractivity contribution in [1.29, 1.82) is 5.26 Å². The second-order valence-corrected chi connectivity index (χ2v) is 8.37. The van der Waals surface area contributed by atoms with Gasteiger partial charge < -0.3 is 9.64 Å². The number of rotatable bonds is 3. The smallest absolute Gasteiger partial charge is 0.244 e. The van der Waals surface area contributed by atoms with Gasteiger partial charge in [0, 0.05) is 18.8 Å². The normalized spacial score (nSPS) is 22.3. The summed E-state index contributed by atoms with van der Waals surface area (Å²) in [6, 6.07) is 7.03. The number of sulfonamides is 1. The summed E-state index contributed by atoms with van der Waals surface area (Å²) in [7, 11) is -3.77. The minimum Gasteiger partial charge on any atom is -0.378 e. The van der Waals surface area contributed by atoms with E-state index in [0.717, 1.165) is 0 Å². The van der Waals surface area contributed by atoms with E-state index in [1.165, 1.54) is 40.3 Å². The van der Waals surface area contributed by atoms with Gasteiger partial charge in [-0.15, -0.1) is 11.8 Å². The van der Waals surface area contributed by atoms with Gasteiger partial charge in [0.25, 0.3) is 0 Å². The Hall–Kier alpha value is -1.60. The molecule has 0 aliphatic carbocycles. The number of thioether (sulfide) groups is 1. The van der Waals surface area contributed by atoms with Gasteiger partial charge in [-0.05, 0) is 24.3 Å². The van der Waals surface area contributed by atoms with Crippen molar-refractivity contribution in [2.75, 3.05) is 37.9 Å². The molecule has 128 valence electrons. The lowest BCUT2D eigenvalue weighted by molar-refractivity contribution is -0.138. The maximum absolute atomic E-state index is 12.9. The highest BCUT2D eigenvalue weighted by Gasteiger charge is 2.41. The number of hydrogen-bond acceptors (Lipinski definition) is 6. The predicted octanol–water partition coefficient (Wildman–Crippen LogP) is 0.481. The highest BCUT2D eigenvalue weighted by Crippen LogP contribution is 2.29. The molecule has 0 bridgehead atoms. The number of benzene rings is 1. The molecule has 0 unspecified atom stereocenters. The molecule has 1 atom stereocenters. The van der Waals surface area contributed by atoms with Crippen molar-refractivity contribution in [2.45, 2.75) is 10.9 Å². The van der Waals surface area contributed by atoms with E-state index in [2.05, 4.69) is 0 Å². The number of nitriles is 1. The van der Waals surface area contributed by atoms with Crippen LogP contribution in [0, 0.1) is 11.3 Å². The van der Waals surface area contributed by atoms with Crippen LogP contribution in [0.4, 0.5) is 0 Å². The van der Waals surface area contributed by atoms with Crippen LogP contribution in [0.5, 0.6) is 0 Å². The fraction of sp³-hybridized carbons (Fsp3) is 0.467. The molecule has 2 fully saturated rings. The van der Waals surface area contributed by atoms with E-state index in [-0.39, 0.29) is 16.7 Å². The summed E-state index contributed by atoms with van der Waals surface area (Å²) in [4.78, 5) is 14.5. The van der Waals surface area contributed by atoms with Gasteiger partial charge in [-0.3, -0.25) is 4.79 Å². The summed E-state index contributed by atoms with van der Waals surface area (Å²) >= 11 is 1.43. The Labute approximate surface area is 145 Å². The zero-order valence-corrected chi connectivity index (χ0v) is 14.6. The van der Waals surface area contributed by atoms with Crippen molar-refractivity contribution in [3.63, 3.8) is 0 Å². The van der Waals surface area contributed by atoms with Crippen LogP contribution in [0.3, 0.4) is 0 Å². The molecule has 1 amide bonds. The molecule has 0 N–H and O–H groups in total. The quantitative estimate of drug-likeness (QED) is 0.772. The van der Waals surface area contributed by atoms with Crippen LogP contribution in [0.2, 0.25) is 0 Å². The SMILES string of the molecule is N#Cc1ccc(S(=O)(=O)N2CSC[C@H]2C(=O)N2CCOCC2)cc1. The third kappa shape index (κ3) is 3.28. The number of carbonyl (C=O) groups excluding carboxylic acids is 1. The van der Waals surface area contributed by atoms with Gasteiger partial charge in [0.1, 0.15) is 6.04 Å². The van der Waals surface area contributed by atoms with Crippen LogP contribution in [0.1, 0.15) is 5.56 Å². The average molecular weight is 367 g/mol. The molecule has 1 aromatic rings. The zero-order chi connectivity index (χ0) is 17.2. The Bertz CT molecular complexity index is 752. The van der Waals surface area contributed by atoms with Crippen LogP contribution in [-0.4, -0.2) is 67.5 Å². The highest BCUT2D eigenvalue weighted by molar-refractivity contribution is 8.00. The van der Waals surface area contributed by atoms with Gasteiger partial charge in [0.05, 0.1) is 35.6 Å². The van der Waals surface area contributed by atoms with Gasteiger partial charge in [-0.2, -0.15) is 9.57 Å². The van der Waals surface area contributed by atoms with Crippen LogP contribution in [0.25, 0.3) is 0 Å². The number of morpholine rings is 1. The largest absolute Gasteiger partial charge is 0.378 e. The molecule has 2 heterocycles. The monoisotopic (exact) mass is 367 g/mol. The third-order valence-electron chi connectivity index (χ3n) is 4.04. The third-order valence-corrected chi connectivity index (χ3v) is 7.08. The van der Waals surface area contributed by atoms with Crippen molar-refractivity contribution in [3.8, 4) is 6.07 Å². The summed E-state index contributed by atoms with van der Waals surface area (Å²) in [5, 5.41) is 8.83. The maximum Gasteiger partial charge on any atom is 0.244 e. The molecule has 0 spiro atoms. The summed E-state index contributed by atoms with van der Waals surface area (Å²) in [5.41, 5.74) is 0.394. The second-order valence-electron chi connectivity index (χ2n) is 5.48. The number of carbonyl (C=O) groups is 1. The first-order valence-corrected chi connectivity index (χ1v) is 10.1. The molecule has 0 aromatic heterocycles. The predicted molar refractivity (Wildman–Crippen MR) is 88.7 cm³/mol. The Morgan fingerprint density at radius 1 is 1.25 bits per heavy atom. The van der Waals surface area contributed by atoms with E-state index in [1.54, 1.807) is 4.90 Å². The van der Waals surface area contributed by atoms with E-state index in [4.69, 9.17) is 10.00 Å². The first-order chi connectivity index (χ1) is 11.5. The zero-order valence-electron chi connectivity index (χ0n) is 12.9. The molecule has 2 aliphatic heterocycles. The molecule has 2 saturated heterocycles. The van der Waals surface area contributed by atoms with Gasteiger partial charge in [0.15, 0.2) is 0 Å². The topological polar surface area (TPSA) is 90.7 Å². The van der Waals surface area contributed by atoms with Crippen molar-refractivity contribution in [1.82, 2.24) is 9.21 Å². The van der Waals surface area contributed by atoms with E-state index >= 15 is 0 Å². The van der Waals surface area contributed by atoms with Crippen molar-refractivity contribution in [2.24, 2.45) is 0 Å². The van der Waals surface area contributed by atoms with Gasteiger partial charge in [-0.25, -0.2) is 8.42 Å². The Morgan fingerprint density at radius 2 is 1.92 bits per heavy atom. The van der Waals surface area contributed by atoms with E-state index in [9.17, 15) is 13.2 Å². The Morgan fingerprint density at radius 3 is 2.54 bits per heavy atom. The molecule has 3 rings (SSSR count). The molecule has 24 heavy (non-hydrogen) atoms. The summed E-state index contributed by atoms with van der Waals surface area (Å²) in [6.07, 6.45) is 0. The Balaban J connectivity index is 1.83. The minimum absolute atomic E-state index is 0.101. The highest BCUT2D eigenvalue weighted by atomic mass is 32.2. The summed E-state index contributed by atoms with van der Waals surface area (Å²) < 4.78 is 32.2. The van der Waals surface area contributed by atoms with Crippen molar-refractivity contribution < 1.29 is 17.9 Å². The molecular formula is C15H17N3O4S2. The van der Waals surface area contributed by atoms with E-state index in [1.807, 2.05) is 6.07 Å². The van der Waals surface area contributed by atoms with Gasteiger partial charge in [-0.1, -0.05) is 0 Å². The molecule has 9 heteroatoms. The van der Waals surface area contributed by atoms with Gasteiger partial charge in [0.2, 0.25) is 15.9 Å². The first kappa shape index (κ1) is 17.2.